The van der Waals surface area contributed by atoms with E-state index in [-0.39, 0.29) is 5.92 Å². The molecule has 0 radical (unpaired) electrons. The lowest BCUT2D eigenvalue weighted by Gasteiger charge is -2.27. The van der Waals surface area contributed by atoms with Crippen LogP contribution in [0, 0.1) is 5.92 Å². The van der Waals surface area contributed by atoms with Crippen LogP contribution in [-0.4, -0.2) is 23.3 Å². The predicted octanol–water partition coefficient (Wildman–Crippen LogP) is 3.90. The standard InChI is InChI=1S/C14H20BrNO3/c1-10(8-14(2,3)16-13(17)18)9-19-12-6-4-11(15)5-7-12/h4-7,10,16H,8-9H2,1-3H3,(H,17,18)/t10-/m0/s1. The van der Waals surface area contributed by atoms with Gasteiger partial charge in [0, 0.05) is 10.0 Å². The van der Waals surface area contributed by atoms with E-state index in [4.69, 9.17) is 9.84 Å². The van der Waals surface area contributed by atoms with Crippen molar-refractivity contribution in [3.05, 3.63) is 28.7 Å². The smallest absolute Gasteiger partial charge is 0.405 e. The fourth-order valence-corrected chi connectivity index (χ4v) is 2.30. The monoisotopic (exact) mass is 329 g/mol. The number of hydrogen-bond acceptors (Lipinski definition) is 2. The molecular weight excluding hydrogens is 310 g/mol. The Labute approximate surface area is 122 Å². The maximum absolute atomic E-state index is 10.7. The predicted molar refractivity (Wildman–Crippen MR) is 78.7 cm³/mol. The number of carboxylic acid groups (broad SMARTS) is 1. The van der Waals surface area contributed by atoms with Crippen molar-refractivity contribution in [1.82, 2.24) is 5.32 Å². The number of nitrogens with one attached hydrogen (secondary N) is 1. The van der Waals surface area contributed by atoms with Crippen LogP contribution < -0.4 is 10.1 Å². The molecule has 0 aliphatic heterocycles. The molecule has 2 N–H and O–H groups in total. The Kier molecular flexibility index (Phi) is 5.66. The summed E-state index contributed by atoms with van der Waals surface area (Å²) in [4.78, 5) is 10.7. The molecule has 0 bridgehead atoms. The number of benzene rings is 1. The highest BCUT2D eigenvalue weighted by Crippen LogP contribution is 2.20. The third kappa shape index (κ3) is 6.47. The summed E-state index contributed by atoms with van der Waals surface area (Å²) < 4.78 is 6.69. The zero-order valence-corrected chi connectivity index (χ0v) is 13.0. The van der Waals surface area contributed by atoms with Crippen molar-refractivity contribution < 1.29 is 14.6 Å². The zero-order valence-electron chi connectivity index (χ0n) is 11.4. The first-order valence-electron chi connectivity index (χ1n) is 6.18. The molecule has 1 amide bonds. The minimum atomic E-state index is -0.994. The van der Waals surface area contributed by atoms with Gasteiger partial charge in [-0.3, -0.25) is 0 Å². The van der Waals surface area contributed by atoms with E-state index in [0.29, 0.717) is 6.61 Å². The summed E-state index contributed by atoms with van der Waals surface area (Å²) in [5, 5.41) is 11.3. The fraction of sp³-hybridized carbons (Fsp3) is 0.500. The number of halogens is 1. The summed E-state index contributed by atoms with van der Waals surface area (Å²) in [5.74, 6) is 1.07. The Bertz CT molecular complexity index is 417. The minimum Gasteiger partial charge on any atom is -0.493 e. The summed E-state index contributed by atoms with van der Waals surface area (Å²) >= 11 is 3.37. The van der Waals surface area contributed by atoms with Crippen molar-refractivity contribution in [1.29, 1.82) is 0 Å². The van der Waals surface area contributed by atoms with Gasteiger partial charge in [0.1, 0.15) is 5.75 Å². The lowest BCUT2D eigenvalue weighted by Crippen LogP contribution is -2.44. The van der Waals surface area contributed by atoms with Crippen LogP contribution in [0.25, 0.3) is 0 Å². The minimum absolute atomic E-state index is 0.255. The van der Waals surface area contributed by atoms with Crippen LogP contribution in [0.1, 0.15) is 27.2 Å². The molecule has 19 heavy (non-hydrogen) atoms. The van der Waals surface area contributed by atoms with Crippen molar-refractivity contribution >= 4 is 22.0 Å². The Morgan fingerprint density at radius 3 is 2.53 bits per heavy atom. The first-order chi connectivity index (χ1) is 8.78. The Hall–Kier alpha value is -1.23. The topological polar surface area (TPSA) is 58.6 Å². The number of amides is 1. The number of hydrogen-bond donors (Lipinski definition) is 2. The van der Waals surface area contributed by atoms with E-state index < -0.39 is 11.6 Å². The van der Waals surface area contributed by atoms with Crippen molar-refractivity contribution in [3.63, 3.8) is 0 Å². The van der Waals surface area contributed by atoms with E-state index in [0.717, 1.165) is 16.6 Å². The SMILES string of the molecule is C[C@H](COc1ccc(Br)cc1)CC(C)(C)NC(=O)O. The van der Waals surface area contributed by atoms with E-state index in [1.807, 2.05) is 45.0 Å². The highest BCUT2D eigenvalue weighted by atomic mass is 79.9. The summed E-state index contributed by atoms with van der Waals surface area (Å²) in [6.45, 7) is 6.35. The molecule has 106 valence electrons. The Morgan fingerprint density at radius 2 is 2.00 bits per heavy atom. The largest absolute Gasteiger partial charge is 0.493 e. The van der Waals surface area contributed by atoms with Gasteiger partial charge in [-0.1, -0.05) is 22.9 Å². The second kappa shape index (κ2) is 6.80. The van der Waals surface area contributed by atoms with Crippen molar-refractivity contribution in [3.8, 4) is 5.75 Å². The van der Waals surface area contributed by atoms with Crippen molar-refractivity contribution in [2.24, 2.45) is 5.92 Å². The lowest BCUT2D eigenvalue weighted by molar-refractivity contribution is 0.169. The molecule has 0 fully saturated rings. The van der Waals surface area contributed by atoms with Gasteiger partial charge < -0.3 is 15.2 Å². The summed E-state index contributed by atoms with van der Waals surface area (Å²) in [5.41, 5.74) is -0.450. The van der Waals surface area contributed by atoms with Gasteiger partial charge in [-0.15, -0.1) is 0 Å². The van der Waals surface area contributed by atoms with Crippen LogP contribution in [0.15, 0.2) is 28.7 Å². The summed E-state index contributed by atoms with van der Waals surface area (Å²) in [7, 11) is 0. The van der Waals surface area contributed by atoms with Crippen LogP contribution in [0.2, 0.25) is 0 Å². The third-order valence-corrected chi connectivity index (χ3v) is 3.18. The van der Waals surface area contributed by atoms with Crippen LogP contribution in [0.4, 0.5) is 4.79 Å². The maximum atomic E-state index is 10.7. The van der Waals surface area contributed by atoms with E-state index in [9.17, 15) is 4.79 Å². The average molecular weight is 330 g/mol. The van der Waals surface area contributed by atoms with E-state index in [2.05, 4.69) is 21.2 Å². The van der Waals surface area contributed by atoms with Crippen molar-refractivity contribution in [2.75, 3.05) is 6.61 Å². The van der Waals surface area contributed by atoms with Crippen LogP contribution in [-0.2, 0) is 0 Å². The molecule has 4 nitrogen and oxygen atoms in total. The second-order valence-corrected chi connectivity index (χ2v) is 6.30. The molecule has 0 aliphatic carbocycles. The molecule has 0 aliphatic rings. The molecule has 0 saturated heterocycles. The van der Waals surface area contributed by atoms with Gasteiger partial charge in [-0.2, -0.15) is 0 Å². The van der Waals surface area contributed by atoms with E-state index in [1.54, 1.807) is 0 Å². The fourth-order valence-electron chi connectivity index (χ4n) is 2.04. The molecule has 0 saturated carbocycles. The Balaban J connectivity index is 2.41. The zero-order chi connectivity index (χ0) is 14.5. The maximum Gasteiger partial charge on any atom is 0.405 e. The van der Waals surface area contributed by atoms with Gasteiger partial charge in [-0.25, -0.2) is 4.79 Å². The van der Waals surface area contributed by atoms with Crippen molar-refractivity contribution in [2.45, 2.75) is 32.7 Å². The second-order valence-electron chi connectivity index (χ2n) is 5.39. The molecular formula is C14H20BrNO3. The third-order valence-electron chi connectivity index (χ3n) is 2.65. The number of ether oxygens (including phenoxy) is 1. The highest BCUT2D eigenvalue weighted by molar-refractivity contribution is 9.10. The normalized spacial score (nSPS) is 12.8. The quantitative estimate of drug-likeness (QED) is 0.832. The number of carbonyl (C=O) groups is 1. The van der Waals surface area contributed by atoms with Gasteiger partial charge in [0.05, 0.1) is 6.61 Å². The molecule has 0 unspecified atom stereocenters. The molecule has 5 heteroatoms. The first-order valence-corrected chi connectivity index (χ1v) is 6.97. The summed E-state index contributed by atoms with van der Waals surface area (Å²) in [6, 6.07) is 7.65. The summed E-state index contributed by atoms with van der Waals surface area (Å²) in [6.07, 6.45) is -0.276. The molecule has 1 aromatic rings. The molecule has 1 rings (SSSR count). The Morgan fingerprint density at radius 1 is 1.42 bits per heavy atom. The van der Waals surface area contributed by atoms with Crippen LogP contribution >= 0.6 is 15.9 Å². The van der Waals surface area contributed by atoms with Crippen LogP contribution in [0.5, 0.6) is 5.75 Å². The van der Waals surface area contributed by atoms with E-state index >= 15 is 0 Å². The van der Waals surface area contributed by atoms with Gasteiger partial charge in [0.25, 0.3) is 0 Å². The molecule has 1 aromatic carbocycles. The first kappa shape index (κ1) is 15.8. The molecule has 0 heterocycles. The highest BCUT2D eigenvalue weighted by Gasteiger charge is 2.23. The van der Waals surface area contributed by atoms with E-state index in [1.165, 1.54) is 0 Å². The molecule has 0 spiro atoms. The van der Waals surface area contributed by atoms with Gasteiger partial charge >= 0.3 is 6.09 Å². The number of rotatable bonds is 6. The average Bonchev–Trinajstić information content (AvgIpc) is 2.25. The lowest BCUT2D eigenvalue weighted by atomic mass is 9.92. The van der Waals surface area contributed by atoms with Gasteiger partial charge in [0.15, 0.2) is 0 Å². The molecule has 1 atom stereocenters. The van der Waals surface area contributed by atoms with Gasteiger partial charge in [-0.05, 0) is 50.5 Å². The molecule has 0 aromatic heterocycles. The van der Waals surface area contributed by atoms with Crippen LogP contribution in [0.3, 0.4) is 0 Å². The van der Waals surface area contributed by atoms with Gasteiger partial charge in [0.2, 0.25) is 0 Å².